The molecule has 2 aliphatic carbocycles. The van der Waals surface area contributed by atoms with Gasteiger partial charge in [-0.3, -0.25) is 4.90 Å². The summed E-state index contributed by atoms with van der Waals surface area (Å²) in [6.07, 6.45) is 7.22. The van der Waals surface area contributed by atoms with E-state index in [0.717, 1.165) is 24.1 Å². The summed E-state index contributed by atoms with van der Waals surface area (Å²) in [5.41, 5.74) is 0.526. The highest BCUT2D eigenvalue weighted by molar-refractivity contribution is 7.80. The summed E-state index contributed by atoms with van der Waals surface area (Å²) in [5, 5.41) is 0. The highest BCUT2D eigenvalue weighted by atomic mass is 32.1. The van der Waals surface area contributed by atoms with Crippen molar-refractivity contribution in [2.24, 2.45) is 5.41 Å². The van der Waals surface area contributed by atoms with Crippen LogP contribution < -0.4 is 0 Å². The van der Waals surface area contributed by atoms with Crippen LogP contribution in [0, 0.1) is 5.41 Å². The third-order valence-electron chi connectivity index (χ3n) is 3.83. The summed E-state index contributed by atoms with van der Waals surface area (Å²) in [4.78, 5) is 2.60. The molecule has 2 fully saturated rings. The highest BCUT2D eigenvalue weighted by Crippen LogP contribution is 2.48. The molecule has 0 radical (unpaired) electrons. The minimum Gasteiger partial charge on any atom is -0.468 e. The molecule has 1 heterocycles. The van der Waals surface area contributed by atoms with Gasteiger partial charge in [-0.05, 0) is 49.0 Å². The van der Waals surface area contributed by atoms with E-state index < -0.39 is 0 Å². The fourth-order valence-electron chi connectivity index (χ4n) is 2.33. The van der Waals surface area contributed by atoms with Crippen molar-refractivity contribution in [3.05, 3.63) is 24.2 Å². The summed E-state index contributed by atoms with van der Waals surface area (Å²) in [6.45, 7) is 2.19. The number of rotatable bonds is 6. The molecule has 2 saturated carbocycles. The molecule has 0 spiro atoms. The minimum atomic E-state index is 0.526. The smallest absolute Gasteiger partial charge is 0.117 e. The number of thiol groups is 1. The van der Waals surface area contributed by atoms with Gasteiger partial charge in [0.1, 0.15) is 5.76 Å². The fraction of sp³-hybridized carbons (Fsp3) is 0.692. The van der Waals surface area contributed by atoms with Crippen LogP contribution in [0.1, 0.15) is 31.4 Å². The molecule has 0 aromatic carbocycles. The summed E-state index contributed by atoms with van der Waals surface area (Å²) in [7, 11) is 0. The Morgan fingerprint density at radius 1 is 1.44 bits per heavy atom. The van der Waals surface area contributed by atoms with Gasteiger partial charge in [0.15, 0.2) is 0 Å². The van der Waals surface area contributed by atoms with Crippen LogP contribution >= 0.6 is 12.6 Å². The molecule has 0 unspecified atom stereocenters. The van der Waals surface area contributed by atoms with Crippen LogP contribution in [0.2, 0.25) is 0 Å². The molecule has 0 aliphatic heterocycles. The SMILES string of the molecule is SCC1(CN(Cc2ccco2)C2CC2)CC1. The van der Waals surface area contributed by atoms with Gasteiger partial charge in [0.2, 0.25) is 0 Å². The van der Waals surface area contributed by atoms with Crippen LogP contribution in [0.3, 0.4) is 0 Å². The largest absolute Gasteiger partial charge is 0.468 e. The van der Waals surface area contributed by atoms with Gasteiger partial charge in [-0.1, -0.05) is 0 Å². The zero-order valence-corrected chi connectivity index (χ0v) is 10.5. The first-order valence-corrected chi connectivity index (χ1v) is 6.82. The fourth-order valence-corrected chi connectivity index (χ4v) is 2.75. The topological polar surface area (TPSA) is 16.4 Å². The van der Waals surface area contributed by atoms with E-state index in [0.29, 0.717) is 5.41 Å². The Labute approximate surface area is 102 Å². The Bertz CT molecular complexity index is 341. The van der Waals surface area contributed by atoms with Crippen LogP contribution in [-0.2, 0) is 6.54 Å². The second kappa shape index (κ2) is 4.11. The van der Waals surface area contributed by atoms with E-state index in [-0.39, 0.29) is 0 Å². The first-order chi connectivity index (χ1) is 7.81. The number of hydrogen-bond donors (Lipinski definition) is 1. The van der Waals surface area contributed by atoms with Crippen LogP contribution in [0.5, 0.6) is 0 Å². The standard InChI is InChI=1S/C13H19NOS/c16-10-13(5-6-13)9-14(11-3-4-11)8-12-2-1-7-15-12/h1-2,7,11,16H,3-6,8-10H2. The van der Waals surface area contributed by atoms with Crippen LogP contribution in [0.25, 0.3) is 0 Å². The molecule has 0 N–H and O–H groups in total. The van der Waals surface area contributed by atoms with Gasteiger partial charge in [-0.2, -0.15) is 12.6 Å². The number of furan rings is 1. The highest BCUT2D eigenvalue weighted by Gasteiger charge is 2.45. The van der Waals surface area contributed by atoms with E-state index in [1.165, 1.54) is 32.2 Å². The van der Waals surface area contributed by atoms with Crippen molar-refractivity contribution in [1.29, 1.82) is 0 Å². The van der Waals surface area contributed by atoms with E-state index in [4.69, 9.17) is 4.42 Å². The maximum absolute atomic E-state index is 5.45. The third kappa shape index (κ3) is 2.30. The zero-order valence-electron chi connectivity index (χ0n) is 9.56. The van der Waals surface area contributed by atoms with Crippen molar-refractivity contribution in [2.45, 2.75) is 38.3 Å². The summed E-state index contributed by atoms with van der Waals surface area (Å²) >= 11 is 4.49. The molecule has 2 aliphatic rings. The molecule has 0 amide bonds. The summed E-state index contributed by atoms with van der Waals surface area (Å²) in [5.74, 6) is 2.14. The predicted molar refractivity (Wildman–Crippen MR) is 67.7 cm³/mol. The number of nitrogens with zero attached hydrogens (tertiary/aromatic N) is 1. The second-order valence-electron chi connectivity index (χ2n) is 5.37. The average molecular weight is 237 g/mol. The lowest BCUT2D eigenvalue weighted by Crippen LogP contribution is -2.32. The molecule has 16 heavy (non-hydrogen) atoms. The van der Waals surface area contributed by atoms with E-state index in [1.807, 2.05) is 6.07 Å². The van der Waals surface area contributed by atoms with E-state index in [2.05, 4.69) is 23.6 Å². The van der Waals surface area contributed by atoms with Crippen molar-refractivity contribution in [1.82, 2.24) is 4.90 Å². The Balaban J connectivity index is 1.63. The minimum absolute atomic E-state index is 0.526. The molecular weight excluding hydrogens is 218 g/mol. The molecular formula is C13H19NOS. The summed E-state index contributed by atoms with van der Waals surface area (Å²) < 4.78 is 5.45. The average Bonchev–Trinajstić information content (AvgIpc) is 3.20. The maximum Gasteiger partial charge on any atom is 0.117 e. The van der Waals surface area contributed by atoms with E-state index in [1.54, 1.807) is 6.26 Å². The third-order valence-corrected chi connectivity index (χ3v) is 4.50. The van der Waals surface area contributed by atoms with Gasteiger partial charge in [0.25, 0.3) is 0 Å². The molecule has 2 nitrogen and oxygen atoms in total. The maximum atomic E-state index is 5.45. The van der Waals surface area contributed by atoms with Crippen molar-refractivity contribution in [3.63, 3.8) is 0 Å². The molecule has 3 heteroatoms. The van der Waals surface area contributed by atoms with Gasteiger partial charge >= 0.3 is 0 Å². The predicted octanol–water partition coefficient (Wildman–Crippen LogP) is 2.95. The van der Waals surface area contributed by atoms with Crippen LogP contribution in [-0.4, -0.2) is 23.2 Å². The first-order valence-electron chi connectivity index (χ1n) is 6.19. The van der Waals surface area contributed by atoms with Crippen LogP contribution in [0.4, 0.5) is 0 Å². The Morgan fingerprint density at radius 3 is 2.75 bits per heavy atom. The lowest BCUT2D eigenvalue weighted by molar-refractivity contribution is 0.197. The Hall–Kier alpha value is -0.410. The van der Waals surface area contributed by atoms with Crippen molar-refractivity contribution >= 4 is 12.6 Å². The quantitative estimate of drug-likeness (QED) is 0.766. The first kappa shape index (κ1) is 10.7. The van der Waals surface area contributed by atoms with Gasteiger partial charge in [0.05, 0.1) is 12.8 Å². The monoisotopic (exact) mass is 237 g/mol. The Kier molecular flexibility index (Phi) is 2.76. The van der Waals surface area contributed by atoms with Gasteiger partial charge in [-0.25, -0.2) is 0 Å². The Morgan fingerprint density at radius 2 is 2.25 bits per heavy atom. The second-order valence-corrected chi connectivity index (χ2v) is 5.69. The normalized spacial score (nSPS) is 22.6. The molecule has 1 aromatic rings. The van der Waals surface area contributed by atoms with Crippen molar-refractivity contribution in [2.75, 3.05) is 12.3 Å². The van der Waals surface area contributed by atoms with E-state index in [9.17, 15) is 0 Å². The molecule has 0 bridgehead atoms. The lowest BCUT2D eigenvalue weighted by Gasteiger charge is -2.25. The molecule has 1 aromatic heterocycles. The van der Waals surface area contributed by atoms with E-state index >= 15 is 0 Å². The van der Waals surface area contributed by atoms with Crippen LogP contribution in [0.15, 0.2) is 22.8 Å². The van der Waals surface area contributed by atoms with Crippen molar-refractivity contribution < 1.29 is 4.42 Å². The summed E-state index contributed by atoms with van der Waals surface area (Å²) in [6, 6.07) is 4.86. The molecule has 88 valence electrons. The van der Waals surface area contributed by atoms with Gasteiger partial charge in [-0.15, -0.1) is 0 Å². The molecule has 0 atom stereocenters. The lowest BCUT2D eigenvalue weighted by atomic mass is 10.1. The number of hydrogen-bond acceptors (Lipinski definition) is 3. The van der Waals surface area contributed by atoms with Gasteiger partial charge < -0.3 is 4.42 Å². The zero-order chi connectivity index (χ0) is 11.0. The molecule has 0 saturated heterocycles. The molecule has 3 rings (SSSR count). The van der Waals surface area contributed by atoms with Crippen molar-refractivity contribution in [3.8, 4) is 0 Å². The van der Waals surface area contributed by atoms with Gasteiger partial charge in [0, 0.05) is 12.6 Å².